The lowest BCUT2D eigenvalue weighted by molar-refractivity contribution is 0.201. The molecule has 0 spiro atoms. The number of aliphatic hydroxyl groups is 1. The Morgan fingerprint density at radius 1 is 1.13 bits per heavy atom. The zero-order chi connectivity index (χ0) is 21.4. The van der Waals surface area contributed by atoms with Gasteiger partial charge in [-0.2, -0.15) is 5.26 Å². The number of ether oxygens (including phenoxy) is 1. The fraction of sp³-hybridized carbons (Fsp3) is 0.231. The number of hydrogen-bond acceptors (Lipinski definition) is 5. The highest BCUT2D eigenvalue weighted by Gasteiger charge is 2.22. The van der Waals surface area contributed by atoms with Crippen molar-refractivity contribution in [2.75, 3.05) is 13.2 Å². The van der Waals surface area contributed by atoms with E-state index in [2.05, 4.69) is 18.2 Å². The fourth-order valence-electron chi connectivity index (χ4n) is 4.45. The molecule has 0 aliphatic heterocycles. The maximum Gasteiger partial charge on any atom is 0.227 e. The largest absolute Gasteiger partial charge is 0.491 e. The first-order valence-corrected chi connectivity index (χ1v) is 10.5. The maximum atomic E-state index is 9.75. The Bertz CT molecular complexity index is 1330. The van der Waals surface area contributed by atoms with Crippen LogP contribution in [0.1, 0.15) is 28.7 Å². The van der Waals surface area contributed by atoms with Gasteiger partial charge in [-0.05, 0) is 78.3 Å². The molecule has 0 bridgehead atoms. The summed E-state index contributed by atoms with van der Waals surface area (Å²) in [5.74, 6) is 1.24. The van der Waals surface area contributed by atoms with Gasteiger partial charge in [-0.15, -0.1) is 0 Å². The summed E-state index contributed by atoms with van der Waals surface area (Å²) in [6.45, 7) is 2.28. The molecule has 0 fully saturated rings. The van der Waals surface area contributed by atoms with Crippen molar-refractivity contribution in [3.63, 3.8) is 0 Å². The van der Waals surface area contributed by atoms with Crippen LogP contribution in [0.4, 0.5) is 0 Å². The van der Waals surface area contributed by atoms with E-state index in [4.69, 9.17) is 19.2 Å². The van der Waals surface area contributed by atoms with Crippen LogP contribution < -0.4 is 4.74 Å². The van der Waals surface area contributed by atoms with Crippen molar-refractivity contribution in [1.29, 1.82) is 5.26 Å². The fourth-order valence-corrected chi connectivity index (χ4v) is 4.45. The quantitative estimate of drug-likeness (QED) is 0.489. The molecule has 1 aliphatic rings. The van der Waals surface area contributed by atoms with Crippen LogP contribution in [-0.4, -0.2) is 23.3 Å². The minimum absolute atomic E-state index is 0.0232. The summed E-state index contributed by atoms with van der Waals surface area (Å²) in [5, 5.41) is 18.8. The lowest BCUT2D eigenvalue weighted by atomic mass is 9.96. The standard InChI is InChI=1S/C26H22N2O3/c1-16-20(17-5-2-7-19(13-17)30-12-11-29)8-4-9-21(16)26-28-24-14-18-6-3-10-22(18)23(15-27)25(24)31-26/h2,4-5,7-9,13-14,29H,3,6,10-12H2,1H3. The Balaban J connectivity index is 1.60. The van der Waals surface area contributed by atoms with E-state index in [1.54, 1.807) is 0 Å². The Hall–Kier alpha value is -3.62. The van der Waals surface area contributed by atoms with Gasteiger partial charge in [-0.25, -0.2) is 4.98 Å². The molecule has 0 saturated heterocycles. The number of nitriles is 1. The predicted molar refractivity (Wildman–Crippen MR) is 119 cm³/mol. The average molecular weight is 410 g/mol. The number of rotatable bonds is 5. The Labute approximate surface area is 180 Å². The molecule has 5 nitrogen and oxygen atoms in total. The summed E-state index contributed by atoms with van der Waals surface area (Å²) >= 11 is 0. The first-order valence-electron chi connectivity index (χ1n) is 10.5. The zero-order valence-electron chi connectivity index (χ0n) is 17.3. The van der Waals surface area contributed by atoms with Crippen LogP contribution in [0.15, 0.2) is 52.9 Å². The normalized spacial score (nSPS) is 12.7. The van der Waals surface area contributed by atoms with Gasteiger partial charge in [0.25, 0.3) is 0 Å². The van der Waals surface area contributed by atoms with Gasteiger partial charge in [0, 0.05) is 5.56 Å². The molecule has 4 aromatic rings. The zero-order valence-corrected chi connectivity index (χ0v) is 17.3. The second kappa shape index (κ2) is 7.90. The summed E-state index contributed by atoms with van der Waals surface area (Å²) in [6.07, 6.45) is 2.99. The van der Waals surface area contributed by atoms with E-state index in [0.717, 1.165) is 52.6 Å². The van der Waals surface area contributed by atoms with E-state index in [1.807, 2.05) is 43.3 Å². The summed E-state index contributed by atoms with van der Waals surface area (Å²) in [7, 11) is 0. The summed E-state index contributed by atoms with van der Waals surface area (Å²) in [6, 6.07) is 18.3. The maximum absolute atomic E-state index is 9.75. The van der Waals surface area contributed by atoms with Crippen molar-refractivity contribution >= 4 is 11.1 Å². The summed E-state index contributed by atoms with van der Waals surface area (Å²) in [4.78, 5) is 4.75. The van der Waals surface area contributed by atoms with Crippen molar-refractivity contribution in [2.24, 2.45) is 0 Å². The van der Waals surface area contributed by atoms with Crippen molar-refractivity contribution in [3.8, 4) is 34.4 Å². The van der Waals surface area contributed by atoms with Gasteiger partial charge in [0.1, 0.15) is 29.5 Å². The number of aryl methyl sites for hydroxylation is 1. The Morgan fingerprint density at radius 2 is 1.97 bits per heavy atom. The van der Waals surface area contributed by atoms with E-state index in [0.29, 0.717) is 22.8 Å². The molecule has 31 heavy (non-hydrogen) atoms. The predicted octanol–water partition coefficient (Wildman–Crippen LogP) is 5.20. The number of nitrogens with zero attached hydrogens (tertiary/aromatic N) is 2. The molecule has 0 radical (unpaired) electrons. The van der Waals surface area contributed by atoms with E-state index in [9.17, 15) is 5.26 Å². The number of benzene rings is 3. The third kappa shape index (κ3) is 3.35. The van der Waals surface area contributed by atoms with Crippen molar-refractivity contribution < 1.29 is 14.3 Å². The van der Waals surface area contributed by atoms with Crippen LogP contribution in [0.2, 0.25) is 0 Å². The van der Waals surface area contributed by atoms with E-state index < -0.39 is 0 Å². The summed E-state index contributed by atoms with van der Waals surface area (Å²) < 4.78 is 11.7. The Kier molecular flexibility index (Phi) is 4.93. The topological polar surface area (TPSA) is 79.3 Å². The number of oxazole rings is 1. The third-order valence-corrected chi connectivity index (χ3v) is 5.93. The van der Waals surface area contributed by atoms with Crippen LogP contribution in [-0.2, 0) is 12.8 Å². The molecule has 0 amide bonds. The molecule has 154 valence electrons. The SMILES string of the molecule is Cc1c(-c2cccc(OCCO)c2)cccc1-c1nc2cc3c(c(C#N)c2o1)CCC3. The highest BCUT2D eigenvalue weighted by Crippen LogP contribution is 2.37. The second-order valence-corrected chi connectivity index (χ2v) is 7.80. The van der Waals surface area contributed by atoms with Crippen molar-refractivity contribution in [1.82, 2.24) is 4.98 Å². The number of aliphatic hydroxyl groups excluding tert-OH is 1. The lowest BCUT2D eigenvalue weighted by Crippen LogP contribution is -2.01. The van der Waals surface area contributed by atoms with E-state index in [-0.39, 0.29) is 13.2 Å². The molecule has 1 aliphatic carbocycles. The molecular formula is C26H22N2O3. The van der Waals surface area contributed by atoms with Gasteiger partial charge >= 0.3 is 0 Å². The minimum Gasteiger partial charge on any atom is -0.491 e. The van der Waals surface area contributed by atoms with Crippen LogP contribution >= 0.6 is 0 Å². The molecule has 0 unspecified atom stereocenters. The lowest BCUT2D eigenvalue weighted by Gasteiger charge is -2.11. The van der Waals surface area contributed by atoms with Crippen LogP contribution in [0, 0.1) is 18.3 Å². The molecule has 5 rings (SSSR count). The highest BCUT2D eigenvalue weighted by molar-refractivity contribution is 5.86. The Morgan fingerprint density at radius 3 is 2.81 bits per heavy atom. The van der Waals surface area contributed by atoms with Crippen molar-refractivity contribution in [3.05, 3.63) is 70.8 Å². The van der Waals surface area contributed by atoms with E-state index in [1.165, 1.54) is 5.56 Å². The highest BCUT2D eigenvalue weighted by atomic mass is 16.5. The third-order valence-electron chi connectivity index (χ3n) is 5.93. The van der Waals surface area contributed by atoms with Crippen LogP contribution in [0.3, 0.4) is 0 Å². The van der Waals surface area contributed by atoms with E-state index >= 15 is 0 Å². The minimum atomic E-state index is -0.0232. The van der Waals surface area contributed by atoms with Gasteiger partial charge in [-0.1, -0.05) is 24.3 Å². The molecule has 0 atom stereocenters. The average Bonchev–Trinajstić information content (AvgIpc) is 3.43. The van der Waals surface area contributed by atoms with Gasteiger partial charge in [0.2, 0.25) is 5.89 Å². The number of hydrogen-bond donors (Lipinski definition) is 1. The number of fused-ring (bicyclic) bond motifs is 2. The first-order chi connectivity index (χ1) is 15.2. The van der Waals surface area contributed by atoms with Crippen molar-refractivity contribution in [2.45, 2.75) is 26.2 Å². The van der Waals surface area contributed by atoms with Crippen LogP contribution in [0.5, 0.6) is 5.75 Å². The molecule has 1 N–H and O–H groups in total. The molecule has 1 aromatic heterocycles. The van der Waals surface area contributed by atoms with Gasteiger partial charge in [0.15, 0.2) is 5.58 Å². The van der Waals surface area contributed by atoms with Gasteiger partial charge in [0.05, 0.1) is 6.61 Å². The summed E-state index contributed by atoms with van der Waals surface area (Å²) in [5.41, 5.74) is 8.31. The molecule has 5 heteroatoms. The smallest absolute Gasteiger partial charge is 0.227 e. The van der Waals surface area contributed by atoms with Crippen LogP contribution in [0.25, 0.3) is 33.7 Å². The monoisotopic (exact) mass is 410 g/mol. The van der Waals surface area contributed by atoms with Gasteiger partial charge in [-0.3, -0.25) is 0 Å². The molecule has 3 aromatic carbocycles. The first kappa shape index (κ1) is 19.3. The number of aromatic nitrogens is 1. The second-order valence-electron chi connectivity index (χ2n) is 7.80. The molecule has 0 saturated carbocycles. The molecule has 1 heterocycles. The van der Waals surface area contributed by atoms with Gasteiger partial charge < -0.3 is 14.3 Å². The molecular weight excluding hydrogens is 388 g/mol.